The van der Waals surface area contributed by atoms with E-state index in [1.165, 1.54) is 18.2 Å². The normalized spacial score (nSPS) is 12.1. The molecule has 4 rings (SSSR count). The Bertz CT molecular complexity index is 1310. The summed E-state index contributed by atoms with van der Waals surface area (Å²) in [6.45, 7) is 4.59. The summed E-state index contributed by atoms with van der Waals surface area (Å²) < 4.78 is 15.6. The Hall–Kier alpha value is -3.74. The van der Waals surface area contributed by atoms with E-state index in [1.807, 2.05) is 30.5 Å². The minimum Gasteiger partial charge on any atom is -0.349 e. The van der Waals surface area contributed by atoms with Crippen molar-refractivity contribution in [2.75, 3.05) is 0 Å². The lowest BCUT2D eigenvalue weighted by Crippen LogP contribution is -2.31. The van der Waals surface area contributed by atoms with Crippen molar-refractivity contribution in [2.24, 2.45) is 0 Å². The number of carbonyl (C=O) groups is 1. The molecule has 2 heterocycles. The van der Waals surface area contributed by atoms with Crippen LogP contribution < -0.4 is 10.9 Å². The second-order valence-corrected chi connectivity index (χ2v) is 7.83. The van der Waals surface area contributed by atoms with Gasteiger partial charge >= 0.3 is 0 Å². The first-order valence-corrected chi connectivity index (χ1v) is 10.6. The predicted molar refractivity (Wildman–Crippen MR) is 122 cm³/mol. The zero-order valence-electron chi connectivity index (χ0n) is 18.1. The van der Waals surface area contributed by atoms with Crippen LogP contribution in [0.1, 0.15) is 35.6 Å². The van der Waals surface area contributed by atoms with Crippen LogP contribution in [0.2, 0.25) is 0 Å². The van der Waals surface area contributed by atoms with Gasteiger partial charge in [0, 0.05) is 36.1 Å². The van der Waals surface area contributed by atoms with Gasteiger partial charge in [0.15, 0.2) is 0 Å². The second-order valence-electron chi connectivity index (χ2n) is 7.83. The minimum atomic E-state index is -0.448. The summed E-state index contributed by atoms with van der Waals surface area (Å²) in [5.41, 5.74) is 3.10. The van der Waals surface area contributed by atoms with Crippen LogP contribution in [0, 0.1) is 12.7 Å². The molecule has 1 amide bonds. The molecule has 4 aromatic rings. The highest BCUT2D eigenvalue weighted by molar-refractivity contribution is 5.89. The van der Waals surface area contributed by atoms with E-state index in [4.69, 9.17) is 0 Å². The van der Waals surface area contributed by atoms with Crippen molar-refractivity contribution in [1.82, 2.24) is 19.9 Å². The largest absolute Gasteiger partial charge is 0.349 e. The molecule has 2 aromatic carbocycles. The van der Waals surface area contributed by atoms with E-state index in [2.05, 4.69) is 26.8 Å². The number of hydrogen-bond acceptors (Lipinski definition) is 3. The van der Waals surface area contributed by atoms with Crippen molar-refractivity contribution in [1.29, 1.82) is 0 Å². The van der Waals surface area contributed by atoms with E-state index in [1.54, 1.807) is 19.1 Å². The number of para-hydroxylation sites is 1. The average Bonchev–Trinajstić information content (AvgIpc) is 3.11. The number of amides is 1. The summed E-state index contributed by atoms with van der Waals surface area (Å²) in [5.74, 6) is 0.000258. The van der Waals surface area contributed by atoms with Crippen molar-refractivity contribution in [2.45, 2.75) is 39.3 Å². The van der Waals surface area contributed by atoms with Gasteiger partial charge in [-0.25, -0.2) is 9.37 Å². The van der Waals surface area contributed by atoms with Crippen molar-refractivity contribution >= 4 is 16.8 Å². The van der Waals surface area contributed by atoms with Crippen LogP contribution in [0.25, 0.3) is 10.9 Å². The van der Waals surface area contributed by atoms with Gasteiger partial charge in [-0.1, -0.05) is 30.3 Å². The molecular weight excluding hydrogens is 407 g/mol. The van der Waals surface area contributed by atoms with E-state index >= 15 is 0 Å². The maximum absolute atomic E-state index is 13.5. The van der Waals surface area contributed by atoms with Crippen LogP contribution in [0.15, 0.2) is 65.6 Å². The van der Waals surface area contributed by atoms with Crippen molar-refractivity contribution in [3.63, 3.8) is 0 Å². The number of halogens is 1. The van der Waals surface area contributed by atoms with Crippen LogP contribution in [0.3, 0.4) is 0 Å². The number of benzene rings is 2. The molecule has 2 N–H and O–H groups in total. The molecule has 0 saturated heterocycles. The molecule has 0 radical (unpaired) electrons. The molecule has 0 unspecified atom stereocenters. The number of aromatic amines is 1. The van der Waals surface area contributed by atoms with Crippen LogP contribution in [-0.2, 0) is 24.2 Å². The van der Waals surface area contributed by atoms with Crippen LogP contribution in [0.4, 0.5) is 4.39 Å². The number of nitrogens with zero attached hydrogens (tertiary/aromatic N) is 2. The highest BCUT2D eigenvalue weighted by Crippen LogP contribution is 2.23. The number of carbonyl (C=O) groups excluding carboxylic acids is 1. The molecule has 0 aliphatic carbocycles. The molecule has 0 aliphatic heterocycles. The van der Waals surface area contributed by atoms with Gasteiger partial charge in [0.25, 0.3) is 5.56 Å². The summed E-state index contributed by atoms with van der Waals surface area (Å²) in [7, 11) is 0. The highest BCUT2D eigenvalue weighted by Gasteiger charge is 2.19. The van der Waals surface area contributed by atoms with E-state index in [0.717, 1.165) is 28.6 Å². The van der Waals surface area contributed by atoms with E-state index < -0.39 is 6.04 Å². The van der Waals surface area contributed by atoms with Crippen molar-refractivity contribution in [3.05, 3.63) is 99.6 Å². The molecule has 1 atom stereocenters. The molecule has 164 valence electrons. The SMILES string of the molecule is CCn1cc(CC(=O)N[C@H](Cc2cc(=O)[nH]c(C)n2)c2ccc(F)cc2)c2ccccc21. The topological polar surface area (TPSA) is 79.8 Å². The van der Waals surface area contributed by atoms with Crippen LogP contribution >= 0.6 is 0 Å². The molecule has 7 heteroatoms. The Labute approximate surface area is 185 Å². The quantitative estimate of drug-likeness (QED) is 0.466. The van der Waals surface area contributed by atoms with Gasteiger partial charge in [0.1, 0.15) is 11.6 Å². The third-order valence-electron chi connectivity index (χ3n) is 5.50. The summed E-state index contributed by atoms with van der Waals surface area (Å²) in [5, 5.41) is 4.11. The molecule has 2 aromatic heterocycles. The standard InChI is InChI=1S/C25H25FN4O2/c1-3-30-15-18(21-6-4-5-7-23(21)30)12-24(31)29-22(17-8-10-19(26)11-9-17)13-20-14-25(32)28-16(2)27-20/h4-11,14-15,22H,3,12-13H2,1-2H3,(H,29,31)(H,27,28,32)/t22-/m1/s1. The van der Waals surface area contributed by atoms with E-state index in [-0.39, 0.29) is 23.7 Å². The summed E-state index contributed by atoms with van der Waals surface area (Å²) >= 11 is 0. The molecule has 0 saturated carbocycles. The summed E-state index contributed by atoms with van der Waals surface area (Å²) in [6, 6.07) is 15.0. The summed E-state index contributed by atoms with van der Waals surface area (Å²) in [6.07, 6.45) is 2.55. The smallest absolute Gasteiger partial charge is 0.251 e. The third kappa shape index (κ3) is 4.77. The number of hydrogen-bond donors (Lipinski definition) is 2. The lowest BCUT2D eigenvalue weighted by Gasteiger charge is -2.19. The zero-order valence-corrected chi connectivity index (χ0v) is 18.1. The first kappa shape index (κ1) is 21.5. The maximum Gasteiger partial charge on any atom is 0.251 e. The van der Waals surface area contributed by atoms with Gasteiger partial charge in [-0.3, -0.25) is 9.59 Å². The fourth-order valence-electron chi connectivity index (χ4n) is 4.05. The fraction of sp³-hybridized carbons (Fsp3) is 0.240. The van der Waals surface area contributed by atoms with E-state index in [9.17, 15) is 14.0 Å². The van der Waals surface area contributed by atoms with Gasteiger partial charge in [0.2, 0.25) is 5.91 Å². The zero-order chi connectivity index (χ0) is 22.7. The van der Waals surface area contributed by atoms with Gasteiger partial charge in [-0.05, 0) is 43.2 Å². The number of rotatable bonds is 7. The molecule has 32 heavy (non-hydrogen) atoms. The summed E-state index contributed by atoms with van der Waals surface area (Å²) in [4.78, 5) is 31.9. The molecule has 6 nitrogen and oxygen atoms in total. The van der Waals surface area contributed by atoms with Crippen LogP contribution in [-0.4, -0.2) is 20.4 Å². The second kappa shape index (κ2) is 9.18. The molecule has 0 bridgehead atoms. The Balaban J connectivity index is 1.60. The minimum absolute atomic E-state index is 0.153. The highest BCUT2D eigenvalue weighted by atomic mass is 19.1. The number of aromatic nitrogens is 3. The molecule has 0 aliphatic rings. The first-order chi connectivity index (χ1) is 15.4. The Morgan fingerprint density at radius 2 is 1.94 bits per heavy atom. The molecular formula is C25H25FN4O2. The monoisotopic (exact) mass is 432 g/mol. The molecule has 0 fully saturated rings. The predicted octanol–water partition coefficient (Wildman–Crippen LogP) is 3.83. The lowest BCUT2D eigenvalue weighted by molar-refractivity contribution is -0.121. The maximum atomic E-state index is 13.5. The number of H-pyrrole nitrogens is 1. The van der Waals surface area contributed by atoms with Gasteiger partial charge in [0.05, 0.1) is 18.2 Å². The van der Waals surface area contributed by atoms with E-state index in [0.29, 0.717) is 17.9 Å². The van der Waals surface area contributed by atoms with Crippen LogP contribution in [0.5, 0.6) is 0 Å². The van der Waals surface area contributed by atoms with Gasteiger partial charge in [-0.2, -0.15) is 0 Å². The van der Waals surface area contributed by atoms with Gasteiger partial charge < -0.3 is 14.9 Å². The Morgan fingerprint density at radius 1 is 1.19 bits per heavy atom. The van der Waals surface area contributed by atoms with Crippen molar-refractivity contribution in [3.8, 4) is 0 Å². The number of fused-ring (bicyclic) bond motifs is 1. The lowest BCUT2D eigenvalue weighted by atomic mass is 10.0. The van der Waals surface area contributed by atoms with Crippen molar-refractivity contribution < 1.29 is 9.18 Å². The van der Waals surface area contributed by atoms with Gasteiger partial charge in [-0.15, -0.1) is 0 Å². The molecule has 0 spiro atoms. The Morgan fingerprint density at radius 3 is 2.66 bits per heavy atom. The average molecular weight is 432 g/mol. The third-order valence-corrected chi connectivity index (χ3v) is 5.50. The number of aryl methyl sites for hydroxylation is 2. The fourth-order valence-corrected chi connectivity index (χ4v) is 4.05. The number of nitrogens with one attached hydrogen (secondary N) is 2. The first-order valence-electron chi connectivity index (χ1n) is 10.6. The Kier molecular flexibility index (Phi) is 6.16.